The SMILES string of the molecule is Nc1c(F)cccc1C(=O)N[C@H](CCCC(=O)O)C(=O)O. The van der Waals surface area contributed by atoms with Crippen molar-refractivity contribution in [2.45, 2.75) is 25.3 Å². The summed E-state index contributed by atoms with van der Waals surface area (Å²) in [6, 6.07) is 2.36. The highest BCUT2D eigenvalue weighted by molar-refractivity contribution is 6.00. The number of anilines is 1. The number of benzene rings is 1. The van der Waals surface area contributed by atoms with Crippen molar-refractivity contribution in [3.05, 3.63) is 29.6 Å². The second-order valence-electron chi connectivity index (χ2n) is 4.35. The Hall–Kier alpha value is -2.64. The van der Waals surface area contributed by atoms with Gasteiger partial charge in [0.2, 0.25) is 0 Å². The minimum absolute atomic E-state index is 0.0530. The highest BCUT2D eigenvalue weighted by atomic mass is 19.1. The van der Waals surface area contributed by atoms with Gasteiger partial charge in [-0.2, -0.15) is 0 Å². The van der Waals surface area contributed by atoms with E-state index in [-0.39, 0.29) is 30.5 Å². The van der Waals surface area contributed by atoms with Crippen molar-refractivity contribution in [3.63, 3.8) is 0 Å². The third kappa shape index (κ3) is 4.75. The maximum atomic E-state index is 13.2. The van der Waals surface area contributed by atoms with Crippen LogP contribution in [0.1, 0.15) is 29.6 Å². The van der Waals surface area contributed by atoms with Crippen molar-refractivity contribution in [2.24, 2.45) is 0 Å². The van der Waals surface area contributed by atoms with E-state index in [9.17, 15) is 18.8 Å². The second-order valence-corrected chi connectivity index (χ2v) is 4.35. The molecule has 0 aliphatic heterocycles. The number of rotatable bonds is 7. The van der Waals surface area contributed by atoms with Crippen molar-refractivity contribution in [1.82, 2.24) is 5.32 Å². The Morgan fingerprint density at radius 3 is 2.52 bits per heavy atom. The number of amides is 1. The predicted octanol–water partition coefficient (Wildman–Crippen LogP) is 0.846. The zero-order valence-corrected chi connectivity index (χ0v) is 11.0. The molecule has 1 aromatic carbocycles. The summed E-state index contributed by atoms with van der Waals surface area (Å²) < 4.78 is 13.2. The number of hydrogen-bond acceptors (Lipinski definition) is 4. The van der Waals surface area contributed by atoms with Crippen LogP contribution in [-0.2, 0) is 9.59 Å². The number of nitrogens with two attached hydrogens (primary N) is 1. The minimum atomic E-state index is -1.30. The van der Waals surface area contributed by atoms with Crippen molar-refractivity contribution in [3.8, 4) is 0 Å². The molecule has 0 aliphatic carbocycles. The number of aliphatic carboxylic acids is 2. The number of para-hydroxylation sites is 1. The lowest BCUT2D eigenvalue weighted by Gasteiger charge is -2.15. The Bertz CT molecular complexity index is 561. The Balaban J connectivity index is 2.74. The molecule has 0 radical (unpaired) electrons. The maximum Gasteiger partial charge on any atom is 0.326 e. The molecule has 0 heterocycles. The summed E-state index contributed by atoms with van der Waals surface area (Å²) in [6.07, 6.45) is -0.171. The van der Waals surface area contributed by atoms with Crippen LogP contribution in [0.5, 0.6) is 0 Å². The van der Waals surface area contributed by atoms with E-state index in [1.807, 2.05) is 0 Å². The third-order valence-electron chi connectivity index (χ3n) is 2.78. The van der Waals surface area contributed by atoms with Crippen LogP contribution in [0.15, 0.2) is 18.2 Å². The molecular formula is C13H15FN2O5. The summed E-state index contributed by atoms with van der Waals surface area (Å²) in [4.78, 5) is 33.3. The molecule has 0 saturated heterocycles. The molecule has 0 aliphatic rings. The van der Waals surface area contributed by atoms with Gasteiger partial charge in [-0.15, -0.1) is 0 Å². The van der Waals surface area contributed by atoms with Crippen LogP contribution in [0.2, 0.25) is 0 Å². The van der Waals surface area contributed by atoms with Crippen LogP contribution >= 0.6 is 0 Å². The average Bonchev–Trinajstić information content (AvgIpc) is 2.40. The number of carbonyl (C=O) groups is 3. The van der Waals surface area contributed by atoms with Crippen molar-refractivity contribution in [2.75, 3.05) is 5.73 Å². The highest BCUT2D eigenvalue weighted by Crippen LogP contribution is 2.16. The molecule has 0 spiro atoms. The Morgan fingerprint density at radius 2 is 1.95 bits per heavy atom. The second kappa shape index (κ2) is 7.22. The van der Waals surface area contributed by atoms with Crippen LogP contribution in [0.4, 0.5) is 10.1 Å². The molecule has 0 unspecified atom stereocenters. The van der Waals surface area contributed by atoms with E-state index < -0.39 is 29.7 Å². The van der Waals surface area contributed by atoms with Gasteiger partial charge in [0.05, 0.1) is 11.3 Å². The average molecular weight is 298 g/mol. The van der Waals surface area contributed by atoms with Crippen LogP contribution in [0, 0.1) is 5.82 Å². The van der Waals surface area contributed by atoms with Gasteiger partial charge in [-0.3, -0.25) is 9.59 Å². The standard InChI is InChI=1S/C13H15FN2O5/c14-8-4-1-3-7(11(8)15)12(19)16-9(13(20)21)5-2-6-10(17)18/h1,3-4,9H,2,5-6,15H2,(H,16,19)(H,17,18)(H,20,21)/t9-/m1/s1. The predicted molar refractivity (Wildman–Crippen MR) is 71.2 cm³/mol. The van der Waals surface area contributed by atoms with Gasteiger partial charge in [-0.05, 0) is 25.0 Å². The molecule has 21 heavy (non-hydrogen) atoms. The molecule has 1 atom stereocenters. The van der Waals surface area contributed by atoms with Crippen molar-refractivity contribution < 1.29 is 29.0 Å². The van der Waals surface area contributed by atoms with Gasteiger partial charge in [-0.1, -0.05) is 6.07 Å². The molecule has 1 aromatic rings. The van der Waals surface area contributed by atoms with Crippen molar-refractivity contribution >= 4 is 23.5 Å². The fourth-order valence-corrected chi connectivity index (χ4v) is 1.69. The summed E-state index contributed by atoms with van der Waals surface area (Å²) in [6.45, 7) is 0. The number of carboxylic acids is 2. The van der Waals surface area contributed by atoms with E-state index in [1.165, 1.54) is 12.1 Å². The van der Waals surface area contributed by atoms with Gasteiger partial charge < -0.3 is 21.3 Å². The minimum Gasteiger partial charge on any atom is -0.481 e. The number of carboxylic acid groups (broad SMARTS) is 2. The van der Waals surface area contributed by atoms with Gasteiger partial charge in [0.15, 0.2) is 0 Å². The molecule has 0 bridgehead atoms. The van der Waals surface area contributed by atoms with Crippen molar-refractivity contribution in [1.29, 1.82) is 0 Å². The molecular weight excluding hydrogens is 283 g/mol. The molecule has 0 aromatic heterocycles. The zero-order chi connectivity index (χ0) is 16.0. The molecule has 1 amide bonds. The van der Waals surface area contributed by atoms with Crippen LogP contribution < -0.4 is 11.1 Å². The number of halogens is 1. The van der Waals surface area contributed by atoms with Gasteiger partial charge in [-0.25, -0.2) is 9.18 Å². The molecule has 0 fully saturated rings. The molecule has 1 rings (SSSR count). The number of nitrogens with one attached hydrogen (secondary N) is 1. The summed E-state index contributed by atoms with van der Waals surface area (Å²) in [7, 11) is 0. The van der Waals surface area contributed by atoms with E-state index in [4.69, 9.17) is 15.9 Å². The van der Waals surface area contributed by atoms with Crippen LogP contribution in [0.3, 0.4) is 0 Å². The first kappa shape index (κ1) is 16.4. The number of carbonyl (C=O) groups excluding carboxylic acids is 1. The van der Waals surface area contributed by atoms with E-state index in [0.717, 1.165) is 6.07 Å². The van der Waals surface area contributed by atoms with E-state index >= 15 is 0 Å². The van der Waals surface area contributed by atoms with E-state index in [1.54, 1.807) is 0 Å². The molecule has 8 heteroatoms. The molecule has 114 valence electrons. The Morgan fingerprint density at radius 1 is 1.29 bits per heavy atom. The Kier molecular flexibility index (Phi) is 5.65. The van der Waals surface area contributed by atoms with Gasteiger partial charge in [0.25, 0.3) is 5.91 Å². The third-order valence-corrected chi connectivity index (χ3v) is 2.78. The lowest BCUT2D eigenvalue weighted by Crippen LogP contribution is -2.41. The smallest absolute Gasteiger partial charge is 0.326 e. The lowest BCUT2D eigenvalue weighted by molar-refractivity contribution is -0.140. The fraction of sp³-hybridized carbons (Fsp3) is 0.308. The fourth-order valence-electron chi connectivity index (χ4n) is 1.69. The normalized spacial score (nSPS) is 11.7. The lowest BCUT2D eigenvalue weighted by atomic mass is 10.1. The molecule has 0 saturated carbocycles. The van der Waals surface area contributed by atoms with Gasteiger partial charge in [0.1, 0.15) is 11.9 Å². The number of hydrogen-bond donors (Lipinski definition) is 4. The maximum absolute atomic E-state index is 13.2. The van der Waals surface area contributed by atoms with Gasteiger partial charge in [0, 0.05) is 6.42 Å². The highest BCUT2D eigenvalue weighted by Gasteiger charge is 2.22. The summed E-state index contributed by atoms with van der Waals surface area (Å²) in [5.41, 5.74) is 4.88. The first-order valence-electron chi connectivity index (χ1n) is 6.12. The molecule has 7 nitrogen and oxygen atoms in total. The zero-order valence-electron chi connectivity index (χ0n) is 11.0. The summed E-state index contributed by atoms with van der Waals surface area (Å²) in [5.74, 6) is -3.96. The van der Waals surface area contributed by atoms with E-state index in [2.05, 4.69) is 5.32 Å². The van der Waals surface area contributed by atoms with Crippen LogP contribution in [0.25, 0.3) is 0 Å². The molecule has 5 N–H and O–H groups in total. The summed E-state index contributed by atoms with van der Waals surface area (Å²) in [5, 5.41) is 19.7. The first-order chi connectivity index (χ1) is 9.82. The Labute approximate surface area is 119 Å². The van der Waals surface area contributed by atoms with Crippen LogP contribution in [-0.4, -0.2) is 34.1 Å². The topological polar surface area (TPSA) is 130 Å². The van der Waals surface area contributed by atoms with Gasteiger partial charge >= 0.3 is 11.9 Å². The van der Waals surface area contributed by atoms with E-state index in [0.29, 0.717) is 0 Å². The summed E-state index contributed by atoms with van der Waals surface area (Å²) >= 11 is 0. The first-order valence-corrected chi connectivity index (χ1v) is 6.12. The quantitative estimate of drug-likeness (QED) is 0.552. The number of nitrogen functional groups attached to an aromatic ring is 1. The largest absolute Gasteiger partial charge is 0.481 e. The monoisotopic (exact) mass is 298 g/mol.